The Morgan fingerprint density at radius 3 is 2.54 bits per heavy atom. The van der Waals surface area contributed by atoms with Crippen molar-refractivity contribution in [2.45, 2.75) is 64.4 Å². The molecule has 0 aromatic heterocycles. The molecule has 0 spiro atoms. The second kappa shape index (κ2) is 11.0. The van der Waals surface area contributed by atoms with Crippen LogP contribution >= 0.6 is 0 Å². The van der Waals surface area contributed by atoms with Crippen LogP contribution in [0.4, 0.5) is 4.79 Å². The lowest BCUT2D eigenvalue weighted by molar-refractivity contribution is 0.0425. The lowest BCUT2D eigenvalue weighted by Gasteiger charge is -2.27. The largest absolute Gasteiger partial charge is 0.492 e. The Morgan fingerprint density at radius 2 is 1.83 bits per heavy atom. The zero-order valence-corrected chi connectivity index (χ0v) is 14.9. The van der Waals surface area contributed by atoms with E-state index in [0.29, 0.717) is 13.2 Å². The van der Waals surface area contributed by atoms with E-state index in [0.717, 1.165) is 44.4 Å². The Morgan fingerprint density at radius 1 is 1.08 bits per heavy atom. The molecule has 0 aliphatic heterocycles. The summed E-state index contributed by atoms with van der Waals surface area (Å²) in [4.78, 5) is 14.3. The Kier molecular flexibility index (Phi) is 8.50. The van der Waals surface area contributed by atoms with Gasteiger partial charge in [-0.25, -0.2) is 4.79 Å². The fraction of sp³-hybridized carbons (Fsp3) is 0.650. The van der Waals surface area contributed by atoms with Crippen LogP contribution in [-0.2, 0) is 4.74 Å². The number of nitrogens with zero attached hydrogens (tertiary/aromatic N) is 1. The van der Waals surface area contributed by atoms with E-state index in [1.807, 2.05) is 35.2 Å². The molecule has 0 unspecified atom stereocenters. The first-order valence-corrected chi connectivity index (χ1v) is 9.43. The number of ether oxygens (including phenoxy) is 2. The molecule has 1 aliphatic carbocycles. The SMILES string of the molecule is CCCCCN(CCOc1ccccc1)C(=O)OC1CCCCC1. The van der Waals surface area contributed by atoms with Gasteiger partial charge in [-0.05, 0) is 44.2 Å². The van der Waals surface area contributed by atoms with Gasteiger partial charge in [0.15, 0.2) is 0 Å². The highest BCUT2D eigenvalue weighted by Crippen LogP contribution is 2.21. The van der Waals surface area contributed by atoms with Crippen LogP contribution in [0.1, 0.15) is 58.3 Å². The quantitative estimate of drug-likeness (QED) is 0.595. The van der Waals surface area contributed by atoms with Crippen LogP contribution in [0.2, 0.25) is 0 Å². The van der Waals surface area contributed by atoms with Crippen molar-refractivity contribution in [2.24, 2.45) is 0 Å². The van der Waals surface area contributed by atoms with Gasteiger partial charge in [-0.3, -0.25) is 0 Å². The molecule has 4 heteroatoms. The second-order valence-electron chi connectivity index (χ2n) is 6.50. The van der Waals surface area contributed by atoms with Gasteiger partial charge < -0.3 is 14.4 Å². The number of carbonyl (C=O) groups excluding carboxylic acids is 1. The van der Waals surface area contributed by atoms with Crippen molar-refractivity contribution in [1.29, 1.82) is 0 Å². The van der Waals surface area contributed by atoms with Gasteiger partial charge in [-0.1, -0.05) is 44.4 Å². The first-order chi connectivity index (χ1) is 11.8. The molecule has 1 saturated carbocycles. The van der Waals surface area contributed by atoms with Crippen LogP contribution in [0.25, 0.3) is 0 Å². The predicted octanol–water partition coefficient (Wildman–Crippen LogP) is 5.03. The van der Waals surface area contributed by atoms with E-state index in [9.17, 15) is 4.79 Å². The number of benzene rings is 1. The predicted molar refractivity (Wildman–Crippen MR) is 96.4 cm³/mol. The summed E-state index contributed by atoms with van der Waals surface area (Å²) in [5.41, 5.74) is 0. The Hall–Kier alpha value is -1.71. The van der Waals surface area contributed by atoms with Gasteiger partial charge in [0.05, 0.1) is 6.54 Å². The molecule has 4 nitrogen and oxygen atoms in total. The van der Waals surface area contributed by atoms with E-state index in [1.165, 1.54) is 19.3 Å². The molecule has 1 fully saturated rings. The molecule has 1 amide bonds. The topological polar surface area (TPSA) is 38.8 Å². The lowest BCUT2D eigenvalue weighted by atomic mass is 9.98. The van der Waals surface area contributed by atoms with E-state index in [2.05, 4.69) is 6.92 Å². The van der Waals surface area contributed by atoms with E-state index < -0.39 is 0 Å². The summed E-state index contributed by atoms with van der Waals surface area (Å²) in [7, 11) is 0. The zero-order valence-electron chi connectivity index (χ0n) is 14.9. The summed E-state index contributed by atoms with van der Waals surface area (Å²) in [6.07, 6.45) is 8.85. The molecule has 0 heterocycles. The van der Waals surface area contributed by atoms with Gasteiger partial charge in [0.2, 0.25) is 0 Å². The molecule has 0 saturated heterocycles. The van der Waals surface area contributed by atoms with Crippen molar-refractivity contribution in [3.05, 3.63) is 30.3 Å². The number of hydrogen-bond donors (Lipinski definition) is 0. The molecular formula is C20H31NO3. The van der Waals surface area contributed by atoms with Gasteiger partial charge in [-0.15, -0.1) is 0 Å². The van der Waals surface area contributed by atoms with Crippen LogP contribution < -0.4 is 4.74 Å². The standard InChI is InChI=1S/C20H31NO3/c1-2-3-10-15-21(16-17-23-18-11-6-4-7-12-18)20(22)24-19-13-8-5-9-14-19/h4,6-7,11-12,19H,2-3,5,8-10,13-17H2,1H3. The van der Waals surface area contributed by atoms with Gasteiger partial charge in [0, 0.05) is 6.54 Å². The Balaban J connectivity index is 1.79. The molecule has 0 atom stereocenters. The highest BCUT2D eigenvalue weighted by atomic mass is 16.6. The third kappa shape index (κ3) is 6.81. The number of carbonyl (C=O) groups is 1. The van der Waals surface area contributed by atoms with Crippen molar-refractivity contribution in [1.82, 2.24) is 4.90 Å². The third-order valence-electron chi connectivity index (χ3n) is 4.48. The number of hydrogen-bond acceptors (Lipinski definition) is 3. The van der Waals surface area contributed by atoms with Crippen LogP contribution in [0.5, 0.6) is 5.75 Å². The summed E-state index contributed by atoms with van der Waals surface area (Å²) < 4.78 is 11.5. The van der Waals surface area contributed by atoms with Crippen LogP contribution in [0.3, 0.4) is 0 Å². The molecule has 1 aliphatic rings. The Bertz CT molecular complexity index is 457. The van der Waals surface area contributed by atoms with E-state index >= 15 is 0 Å². The molecular weight excluding hydrogens is 302 g/mol. The maximum Gasteiger partial charge on any atom is 0.410 e. The minimum absolute atomic E-state index is 0.106. The van der Waals surface area contributed by atoms with Gasteiger partial charge >= 0.3 is 6.09 Å². The highest BCUT2D eigenvalue weighted by molar-refractivity contribution is 5.67. The minimum atomic E-state index is -0.172. The maximum atomic E-state index is 12.5. The van der Waals surface area contributed by atoms with Crippen molar-refractivity contribution >= 4 is 6.09 Å². The fourth-order valence-electron chi connectivity index (χ4n) is 3.04. The summed E-state index contributed by atoms with van der Waals surface area (Å²) in [6, 6.07) is 9.73. The minimum Gasteiger partial charge on any atom is -0.492 e. The molecule has 0 radical (unpaired) electrons. The van der Waals surface area contributed by atoms with E-state index in [4.69, 9.17) is 9.47 Å². The van der Waals surface area contributed by atoms with E-state index in [1.54, 1.807) is 0 Å². The lowest BCUT2D eigenvalue weighted by Crippen LogP contribution is -2.38. The molecule has 134 valence electrons. The van der Waals surface area contributed by atoms with Crippen LogP contribution in [0, 0.1) is 0 Å². The van der Waals surface area contributed by atoms with Crippen LogP contribution in [-0.4, -0.2) is 36.8 Å². The zero-order chi connectivity index (χ0) is 17.0. The monoisotopic (exact) mass is 333 g/mol. The van der Waals surface area contributed by atoms with Crippen molar-refractivity contribution in [3.63, 3.8) is 0 Å². The number of para-hydroxylation sites is 1. The van der Waals surface area contributed by atoms with Crippen molar-refractivity contribution in [2.75, 3.05) is 19.7 Å². The van der Waals surface area contributed by atoms with Gasteiger partial charge in [0.1, 0.15) is 18.5 Å². The normalized spacial score (nSPS) is 15.0. The number of rotatable bonds is 9. The molecule has 1 aromatic rings. The highest BCUT2D eigenvalue weighted by Gasteiger charge is 2.21. The smallest absolute Gasteiger partial charge is 0.410 e. The average molecular weight is 333 g/mol. The van der Waals surface area contributed by atoms with Crippen LogP contribution in [0.15, 0.2) is 30.3 Å². The number of amides is 1. The molecule has 24 heavy (non-hydrogen) atoms. The van der Waals surface area contributed by atoms with Gasteiger partial charge in [-0.2, -0.15) is 0 Å². The van der Waals surface area contributed by atoms with Crippen molar-refractivity contribution in [3.8, 4) is 5.75 Å². The van der Waals surface area contributed by atoms with Crippen molar-refractivity contribution < 1.29 is 14.3 Å². The summed E-state index contributed by atoms with van der Waals surface area (Å²) in [6.45, 7) is 3.99. The first-order valence-electron chi connectivity index (χ1n) is 9.43. The first kappa shape index (κ1) is 18.6. The number of unbranched alkanes of at least 4 members (excludes halogenated alkanes) is 2. The molecule has 2 rings (SSSR count). The Labute approximate surface area is 146 Å². The molecule has 1 aromatic carbocycles. The van der Waals surface area contributed by atoms with E-state index in [-0.39, 0.29) is 12.2 Å². The summed E-state index contributed by atoms with van der Waals surface area (Å²) in [5.74, 6) is 0.839. The summed E-state index contributed by atoms with van der Waals surface area (Å²) >= 11 is 0. The maximum absolute atomic E-state index is 12.5. The van der Waals surface area contributed by atoms with Gasteiger partial charge in [0.25, 0.3) is 0 Å². The fourth-order valence-corrected chi connectivity index (χ4v) is 3.04. The second-order valence-corrected chi connectivity index (χ2v) is 6.50. The average Bonchev–Trinajstić information content (AvgIpc) is 2.62. The summed E-state index contributed by atoms with van der Waals surface area (Å²) in [5, 5.41) is 0. The third-order valence-corrected chi connectivity index (χ3v) is 4.48. The molecule has 0 bridgehead atoms. The molecule has 0 N–H and O–H groups in total.